The fourth-order valence-electron chi connectivity index (χ4n) is 3.50. The number of amides is 1. The molecule has 1 heterocycles. The Kier molecular flexibility index (Phi) is 10.5. The molecule has 1 aromatic carbocycles. The highest BCUT2D eigenvalue weighted by Crippen LogP contribution is 2.26. The minimum absolute atomic E-state index is 0.0292. The Bertz CT molecular complexity index is 816. The number of hydrogen-bond donors (Lipinski definition) is 3. The molecule has 1 aromatic rings. The lowest BCUT2D eigenvalue weighted by molar-refractivity contribution is -0.119. The van der Waals surface area contributed by atoms with E-state index >= 15 is 0 Å². The van der Waals surface area contributed by atoms with E-state index in [2.05, 4.69) is 31.9 Å². The maximum atomic E-state index is 14.6. The highest BCUT2D eigenvalue weighted by molar-refractivity contribution is 9.10. The summed E-state index contributed by atoms with van der Waals surface area (Å²) in [5.41, 5.74) is 3.59. The molecule has 2 rings (SSSR count). The van der Waals surface area contributed by atoms with Crippen LogP contribution < -0.4 is 16.0 Å². The van der Waals surface area contributed by atoms with Crippen molar-refractivity contribution in [3.8, 4) is 0 Å². The van der Waals surface area contributed by atoms with Crippen molar-refractivity contribution in [1.82, 2.24) is 15.8 Å². The maximum absolute atomic E-state index is 14.6. The fourth-order valence-corrected chi connectivity index (χ4v) is 4.00. The van der Waals surface area contributed by atoms with E-state index in [4.69, 9.17) is 9.47 Å². The second-order valence-electron chi connectivity index (χ2n) is 7.53. The van der Waals surface area contributed by atoms with Crippen LogP contribution in [0.2, 0.25) is 0 Å². The summed E-state index contributed by atoms with van der Waals surface area (Å²) < 4.78 is 26.5. The number of carbonyl (C=O) groups is 1. The summed E-state index contributed by atoms with van der Waals surface area (Å²) in [5.74, 6) is 0.479. The van der Waals surface area contributed by atoms with Crippen LogP contribution in [0.25, 0.3) is 0 Å². The van der Waals surface area contributed by atoms with E-state index in [1.165, 1.54) is 0 Å². The molecule has 1 aliphatic heterocycles. The van der Waals surface area contributed by atoms with Crippen LogP contribution in [0.15, 0.2) is 45.8 Å². The van der Waals surface area contributed by atoms with E-state index in [9.17, 15) is 9.28 Å². The third-order valence-corrected chi connectivity index (χ3v) is 5.66. The van der Waals surface area contributed by atoms with Gasteiger partial charge in [-0.15, -0.1) is 9.60 Å². The van der Waals surface area contributed by atoms with Crippen molar-refractivity contribution >= 4 is 27.5 Å². The average Bonchev–Trinajstić information content (AvgIpc) is 3.13. The van der Waals surface area contributed by atoms with E-state index in [1.54, 1.807) is 14.2 Å². The summed E-state index contributed by atoms with van der Waals surface area (Å²) in [6.07, 6.45) is 2.19. The minimum Gasteiger partial charge on any atom is -0.497 e. The Morgan fingerprint density at radius 2 is 2.19 bits per heavy atom. The Labute approximate surface area is 192 Å². The van der Waals surface area contributed by atoms with Crippen LogP contribution in [0, 0.1) is 5.92 Å². The molecule has 3 N–H and O–H groups in total. The van der Waals surface area contributed by atoms with E-state index in [0.29, 0.717) is 36.0 Å². The Morgan fingerprint density at radius 1 is 1.42 bits per heavy atom. The topological polar surface area (TPSA) is 74.9 Å². The quantitative estimate of drug-likeness (QED) is 0.233. The Balaban J connectivity index is 2.17. The lowest BCUT2D eigenvalue weighted by Gasteiger charge is -2.19. The first-order chi connectivity index (χ1) is 14.9. The molecule has 0 aliphatic carbocycles. The second-order valence-corrected chi connectivity index (χ2v) is 8.39. The molecule has 1 unspecified atom stereocenters. The summed E-state index contributed by atoms with van der Waals surface area (Å²) in [6, 6.07) is 5.96. The number of benzene rings is 1. The molecule has 172 valence electrons. The summed E-state index contributed by atoms with van der Waals surface area (Å²) >= 11 is 3.59. The minimum atomic E-state index is -0.0339. The van der Waals surface area contributed by atoms with E-state index in [-0.39, 0.29) is 31.5 Å². The molecular formula is C22H32BrFN4O3. The Morgan fingerprint density at radius 3 is 2.81 bits per heavy atom. The van der Waals surface area contributed by atoms with Gasteiger partial charge in [0.25, 0.3) is 0 Å². The molecule has 1 atom stereocenters. The number of rotatable bonds is 12. The van der Waals surface area contributed by atoms with Gasteiger partial charge in [0.1, 0.15) is 5.76 Å². The smallest absolute Gasteiger partial charge is 0.220 e. The monoisotopic (exact) mass is 498 g/mol. The highest BCUT2D eigenvalue weighted by atomic mass is 79.9. The van der Waals surface area contributed by atoms with Gasteiger partial charge in [0, 0.05) is 66.1 Å². The third kappa shape index (κ3) is 7.92. The predicted molar refractivity (Wildman–Crippen MR) is 124 cm³/mol. The van der Waals surface area contributed by atoms with Gasteiger partial charge in [-0.25, -0.2) is 0 Å². The SMILES string of the molecule is CNCc1c(Br)cccc1N/C(C)=C/C(OC)=C(\COC)CN(F)CC1CNC(=O)C1. The fraction of sp³-hybridized carbons (Fsp3) is 0.500. The molecule has 0 aromatic heterocycles. The first-order valence-electron chi connectivity index (χ1n) is 10.2. The lowest BCUT2D eigenvalue weighted by atomic mass is 10.1. The Hall–Kier alpha value is -1.94. The van der Waals surface area contributed by atoms with Crippen LogP contribution >= 0.6 is 15.9 Å². The molecule has 0 saturated carbocycles. The van der Waals surface area contributed by atoms with Gasteiger partial charge in [-0.3, -0.25) is 4.79 Å². The zero-order valence-corrected chi connectivity index (χ0v) is 20.1. The molecule has 0 radical (unpaired) electrons. The second kappa shape index (κ2) is 12.8. The number of nitrogens with zero attached hydrogens (tertiary/aromatic N) is 1. The first-order valence-corrected chi connectivity index (χ1v) is 11.0. The number of nitrogens with one attached hydrogen (secondary N) is 3. The van der Waals surface area contributed by atoms with E-state index < -0.39 is 0 Å². The molecule has 1 saturated heterocycles. The van der Waals surface area contributed by atoms with Gasteiger partial charge in [0.15, 0.2) is 0 Å². The molecule has 7 nitrogen and oxygen atoms in total. The van der Waals surface area contributed by atoms with Gasteiger partial charge < -0.3 is 25.4 Å². The van der Waals surface area contributed by atoms with Crippen molar-refractivity contribution < 1.29 is 18.7 Å². The van der Waals surface area contributed by atoms with Crippen molar-refractivity contribution in [2.45, 2.75) is 19.9 Å². The van der Waals surface area contributed by atoms with Crippen molar-refractivity contribution in [2.75, 3.05) is 52.8 Å². The summed E-state index contributed by atoms with van der Waals surface area (Å²) in [7, 11) is 5.02. The van der Waals surface area contributed by atoms with Crippen molar-refractivity contribution in [3.05, 3.63) is 51.3 Å². The first kappa shape index (κ1) is 25.3. The van der Waals surface area contributed by atoms with Crippen LogP contribution in [-0.2, 0) is 20.8 Å². The van der Waals surface area contributed by atoms with Crippen LogP contribution in [0.4, 0.5) is 10.2 Å². The van der Waals surface area contributed by atoms with Crippen LogP contribution in [0.3, 0.4) is 0 Å². The number of hydrogen-bond acceptors (Lipinski definition) is 6. The highest BCUT2D eigenvalue weighted by Gasteiger charge is 2.24. The summed E-state index contributed by atoms with van der Waals surface area (Å²) in [6.45, 7) is 3.58. The third-order valence-electron chi connectivity index (χ3n) is 4.92. The van der Waals surface area contributed by atoms with Gasteiger partial charge in [0.2, 0.25) is 5.91 Å². The van der Waals surface area contributed by atoms with Crippen molar-refractivity contribution in [3.63, 3.8) is 0 Å². The largest absolute Gasteiger partial charge is 0.497 e. The normalized spacial score (nSPS) is 17.6. The van der Waals surface area contributed by atoms with Gasteiger partial charge in [-0.1, -0.05) is 22.0 Å². The van der Waals surface area contributed by atoms with Gasteiger partial charge in [0.05, 0.1) is 20.3 Å². The number of carbonyl (C=O) groups excluding carboxylic acids is 1. The van der Waals surface area contributed by atoms with Crippen LogP contribution in [0.1, 0.15) is 18.9 Å². The zero-order valence-electron chi connectivity index (χ0n) is 18.6. The van der Waals surface area contributed by atoms with E-state index in [0.717, 1.165) is 21.4 Å². The van der Waals surface area contributed by atoms with Gasteiger partial charge in [-0.05, 0) is 32.2 Å². The molecule has 1 amide bonds. The molecular weight excluding hydrogens is 467 g/mol. The van der Waals surface area contributed by atoms with Crippen molar-refractivity contribution in [2.24, 2.45) is 5.92 Å². The standard InChI is InChI=1S/C22H32BrFN4O3/c1-15(27-20-7-5-6-19(23)18(20)11-25-2)8-21(31-4)17(14-30-3)13-28(24)12-16-9-22(29)26-10-16/h5-8,16,25,27H,9-14H2,1-4H3,(H,26,29)/b15-8+,21-17+. The maximum Gasteiger partial charge on any atom is 0.220 e. The number of allylic oxidation sites excluding steroid dienone is 2. The van der Waals surface area contributed by atoms with Crippen LogP contribution in [0.5, 0.6) is 0 Å². The van der Waals surface area contributed by atoms with Crippen molar-refractivity contribution in [1.29, 1.82) is 0 Å². The number of halogens is 2. The predicted octanol–water partition coefficient (Wildman–Crippen LogP) is 3.35. The molecule has 1 fully saturated rings. The summed E-state index contributed by atoms with van der Waals surface area (Å²) in [5, 5.41) is 10.0. The lowest BCUT2D eigenvalue weighted by Crippen LogP contribution is -2.27. The molecule has 0 bridgehead atoms. The molecule has 9 heteroatoms. The summed E-state index contributed by atoms with van der Waals surface area (Å²) in [4.78, 5) is 11.3. The molecule has 0 spiro atoms. The zero-order chi connectivity index (χ0) is 22.8. The average molecular weight is 499 g/mol. The molecule has 1 aliphatic rings. The molecule has 31 heavy (non-hydrogen) atoms. The van der Waals surface area contributed by atoms with E-state index in [1.807, 2.05) is 38.2 Å². The number of ether oxygens (including phenoxy) is 2. The number of anilines is 1. The van der Waals surface area contributed by atoms with Gasteiger partial charge >= 0.3 is 0 Å². The van der Waals surface area contributed by atoms with Crippen LogP contribution in [-0.4, -0.2) is 58.5 Å². The number of methoxy groups -OCH3 is 2. The van der Waals surface area contributed by atoms with Gasteiger partial charge in [-0.2, -0.15) is 0 Å².